The lowest BCUT2D eigenvalue weighted by Gasteiger charge is -2.22. The molecule has 0 atom stereocenters. The van der Waals surface area contributed by atoms with Crippen molar-refractivity contribution >= 4 is 11.9 Å². The lowest BCUT2D eigenvalue weighted by Crippen LogP contribution is -2.38. The van der Waals surface area contributed by atoms with Gasteiger partial charge in [-0.3, -0.25) is 9.59 Å². The van der Waals surface area contributed by atoms with E-state index in [4.69, 9.17) is 4.74 Å². The predicted octanol–water partition coefficient (Wildman–Crippen LogP) is 2.14. The molecule has 0 saturated heterocycles. The summed E-state index contributed by atoms with van der Waals surface area (Å²) in [6.45, 7) is 4.31. The zero-order valence-corrected chi connectivity index (χ0v) is 12.9. The molecule has 0 heterocycles. The highest BCUT2D eigenvalue weighted by atomic mass is 16.5. The molecule has 0 aromatic heterocycles. The zero-order chi connectivity index (χ0) is 15.8. The van der Waals surface area contributed by atoms with Gasteiger partial charge in [0, 0.05) is 13.6 Å². The Labute approximate surface area is 124 Å². The summed E-state index contributed by atoms with van der Waals surface area (Å²) in [4.78, 5) is 25.0. The number of aliphatic carboxylic acids is 1. The monoisotopic (exact) mass is 291 g/mol. The summed E-state index contributed by atoms with van der Waals surface area (Å²) in [7, 11) is 3.29. The first kappa shape index (κ1) is 15.4. The normalized spacial score (nSPS) is 15.4. The van der Waals surface area contributed by atoms with Crippen LogP contribution in [-0.2, 0) is 16.1 Å². The molecule has 1 aliphatic carbocycles. The van der Waals surface area contributed by atoms with Crippen LogP contribution in [0.3, 0.4) is 0 Å². The molecule has 1 aliphatic rings. The maximum atomic E-state index is 12.3. The SMILES string of the molecule is COc1c(C)cc(CN(C)C(=O)C2(C(=O)O)CC2)cc1C. The quantitative estimate of drug-likeness (QED) is 0.844. The molecule has 1 amide bonds. The van der Waals surface area contributed by atoms with E-state index in [1.165, 1.54) is 4.90 Å². The van der Waals surface area contributed by atoms with Crippen LogP contribution in [0.4, 0.5) is 0 Å². The second-order valence-corrected chi connectivity index (χ2v) is 5.81. The summed E-state index contributed by atoms with van der Waals surface area (Å²) in [5, 5.41) is 9.18. The second kappa shape index (κ2) is 5.39. The van der Waals surface area contributed by atoms with Crippen LogP contribution in [0.1, 0.15) is 29.5 Å². The van der Waals surface area contributed by atoms with Gasteiger partial charge in [0.25, 0.3) is 0 Å². The number of carboxylic acids is 1. The van der Waals surface area contributed by atoms with Gasteiger partial charge in [0.05, 0.1) is 7.11 Å². The summed E-state index contributed by atoms with van der Waals surface area (Å²) < 4.78 is 5.32. The fourth-order valence-electron chi connectivity index (χ4n) is 2.81. The first-order valence-corrected chi connectivity index (χ1v) is 6.95. The van der Waals surface area contributed by atoms with E-state index in [1.54, 1.807) is 14.2 Å². The van der Waals surface area contributed by atoms with Crippen LogP contribution < -0.4 is 4.74 Å². The van der Waals surface area contributed by atoms with Gasteiger partial charge in [0.2, 0.25) is 5.91 Å². The molecule has 114 valence electrons. The molecule has 0 spiro atoms. The number of carbonyl (C=O) groups is 2. The minimum atomic E-state index is -1.18. The van der Waals surface area contributed by atoms with Gasteiger partial charge in [-0.25, -0.2) is 0 Å². The minimum Gasteiger partial charge on any atom is -0.496 e. The van der Waals surface area contributed by atoms with Crippen LogP contribution in [0.15, 0.2) is 12.1 Å². The van der Waals surface area contributed by atoms with Crippen molar-refractivity contribution in [3.63, 3.8) is 0 Å². The van der Waals surface area contributed by atoms with Gasteiger partial charge < -0.3 is 14.7 Å². The lowest BCUT2D eigenvalue weighted by atomic mass is 10.0. The van der Waals surface area contributed by atoms with Crippen molar-refractivity contribution in [2.45, 2.75) is 33.2 Å². The van der Waals surface area contributed by atoms with E-state index < -0.39 is 11.4 Å². The zero-order valence-electron chi connectivity index (χ0n) is 12.9. The molecule has 1 aromatic rings. The molecule has 21 heavy (non-hydrogen) atoms. The smallest absolute Gasteiger partial charge is 0.319 e. The third kappa shape index (κ3) is 2.73. The molecule has 2 rings (SSSR count). The van der Waals surface area contributed by atoms with E-state index in [9.17, 15) is 14.7 Å². The molecule has 0 bridgehead atoms. The second-order valence-electron chi connectivity index (χ2n) is 5.81. The number of hydrogen-bond donors (Lipinski definition) is 1. The number of carboxylic acid groups (broad SMARTS) is 1. The highest BCUT2D eigenvalue weighted by Gasteiger charge is 2.58. The third-order valence-corrected chi connectivity index (χ3v) is 4.06. The summed E-state index contributed by atoms with van der Waals surface area (Å²) in [5.41, 5.74) is 1.81. The highest BCUT2D eigenvalue weighted by Crippen LogP contribution is 2.47. The van der Waals surface area contributed by atoms with Crippen molar-refractivity contribution in [3.8, 4) is 5.75 Å². The van der Waals surface area contributed by atoms with Gasteiger partial charge in [-0.05, 0) is 43.4 Å². The van der Waals surface area contributed by atoms with E-state index >= 15 is 0 Å². The molecule has 1 N–H and O–H groups in total. The van der Waals surface area contributed by atoms with Crippen LogP contribution in [0, 0.1) is 19.3 Å². The van der Waals surface area contributed by atoms with Crippen molar-refractivity contribution in [3.05, 3.63) is 28.8 Å². The van der Waals surface area contributed by atoms with Gasteiger partial charge >= 0.3 is 5.97 Å². The molecule has 1 saturated carbocycles. The number of aryl methyl sites for hydroxylation is 2. The maximum absolute atomic E-state index is 12.3. The van der Waals surface area contributed by atoms with Gasteiger partial charge in [0.15, 0.2) is 0 Å². The fourth-order valence-corrected chi connectivity index (χ4v) is 2.81. The van der Waals surface area contributed by atoms with E-state index in [0.29, 0.717) is 19.4 Å². The van der Waals surface area contributed by atoms with Crippen LogP contribution in [0.25, 0.3) is 0 Å². The number of methoxy groups -OCH3 is 1. The molecule has 1 fully saturated rings. The number of rotatable bonds is 5. The molecule has 5 heteroatoms. The summed E-state index contributed by atoms with van der Waals surface area (Å²) in [6, 6.07) is 3.94. The minimum absolute atomic E-state index is 0.305. The maximum Gasteiger partial charge on any atom is 0.319 e. The first-order valence-electron chi connectivity index (χ1n) is 6.95. The number of nitrogens with zero attached hydrogens (tertiary/aromatic N) is 1. The first-order chi connectivity index (χ1) is 9.81. The highest BCUT2D eigenvalue weighted by molar-refractivity contribution is 6.04. The van der Waals surface area contributed by atoms with E-state index in [0.717, 1.165) is 22.4 Å². The number of benzene rings is 1. The van der Waals surface area contributed by atoms with Crippen LogP contribution in [0.2, 0.25) is 0 Å². The Kier molecular flexibility index (Phi) is 3.94. The average molecular weight is 291 g/mol. The molecule has 0 unspecified atom stereocenters. The van der Waals surface area contributed by atoms with Crippen molar-refractivity contribution in [1.82, 2.24) is 4.90 Å². The Morgan fingerprint density at radius 3 is 2.19 bits per heavy atom. The number of hydrogen-bond acceptors (Lipinski definition) is 3. The Bertz CT molecular complexity index is 567. The Balaban J connectivity index is 2.15. The van der Waals surface area contributed by atoms with Crippen LogP contribution in [0.5, 0.6) is 5.75 Å². The fraction of sp³-hybridized carbons (Fsp3) is 0.500. The van der Waals surface area contributed by atoms with Gasteiger partial charge in [-0.15, -0.1) is 0 Å². The van der Waals surface area contributed by atoms with Crippen molar-refractivity contribution in [2.24, 2.45) is 5.41 Å². The average Bonchev–Trinajstić information content (AvgIpc) is 3.18. The molecule has 1 aromatic carbocycles. The van der Waals surface area contributed by atoms with Crippen molar-refractivity contribution in [1.29, 1.82) is 0 Å². The number of ether oxygens (including phenoxy) is 1. The summed E-state index contributed by atoms with van der Waals surface area (Å²) in [6.07, 6.45) is 0.873. The van der Waals surface area contributed by atoms with Crippen LogP contribution >= 0.6 is 0 Å². The Morgan fingerprint density at radius 1 is 1.29 bits per heavy atom. The molecule has 0 aliphatic heterocycles. The van der Waals surface area contributed by atoms with Crippen LogP contribution in [-0.4, -0.2) is 36.0 Å². The van der Waals surface area contributed by atoms with Crippen molar-refractivity contribution in [2.75, 3.05) is 14.2 Å². The summed E-state index contributed by atoms with van der Waals surface area (Å²) >= 11 is 0. The molecule has 5 nitrogen and oxygen atoms in total. The largest absolute Gasteiger partial charge is 0.496 e. The molecular weight excluding hydrogens is 270 g/mol. The van der Waals surface area contributed by atoms with Gasteiger partial charge in [-0.2, -0.15) is 0 Å². The standard InChI is InChI=1S/C16H21NO4/c1-10-7-12(8-11(2)13(10)21-4)9-17(3)14(18)16(5-6-16)15(19)20/h7-8H,5-6,9H2,1-4H3,(H,19,20). The number of carbonyl (C=O) groups excluding carboxylic acids is 1. The molecule has 0 radical (unpaired) electrons. The Hall–Kier alpha value is -2.04. The van der Waals surface area contributed by atoms with E-state index in [1.807, 2.05) is 26.0 Å². The van der Waals surface area contributed by atoms with Gasteiger partial charge in [0.1, 0.15) is 11.2 Å². The predicted molar refractivity (Wildman–Crippen MR) is 78.2 cm³/mol. The van der Waals surface area contributed by atoms with E-state index in [2.05, 4.69) is 0 Å². The summed E-state index contributed by atoms with van der Waals surface area (Å²) in [5.74, 6) is -0.473. The Morgan fingerprint density at radius 2 is 1.81 bits per heavy atom. The molecular formula is C16H21NO4. The number of amides is 1. The topological polar surface area (TPSA) is 66.8 Å². The van der Waals surface area contributed by atoms with Gasteiger partial charge in [-0.1, -0.05) is 12.1 Å². The third-order valence-electron chi connectivity index (χ3n) is 4.06. The van der Waals surface area contributed by atoms with E-state index in [-0.39, 0.29) is 5.91 Å². The van der Waals surface area contributed by atoms with Crippen molar-refractivity contribution < 1.29 is 19.4 Å². The lowest BCUT2D eigenvalue weighted by molar-refractivity contribution is -0.153.